The summed E-state index contributed by atoms with van der Waals surface area (Å²) in [4.78, 5) is 12.2. The second-order valence-electron chi connectivity index (χ2n) is 4.82. The van der Waals surface area contributed by atoms with Crippen LogP contribution in [0, 0.1) is 0 Å². The molecule has 1 aromatic heterocycles. The normalized spacial score (nSPS) is 10.4. The van der Waals surface area contributed by atoms with Gasteiger partial charge in [0, 0.05) is 11.1 Å². The first-order valence-electron chi connectivity index (χ1n) is 6.89. The highest BCUT2D eigenvalue weighted by Gasteiger charge is 2.09. The highest BCUT2D eigenvalue weighted by Crippen LogP contribution is 2.21. The molecule has 1 heterocycles. The van der Waals surface area contributed by atoms with Crippen molar-refractivity contribution in [3.63, 3.8) is 0 Å². The highest BCUT2D eigenvalue weighted by molar-refractivity contribution is 5.95. The molecule has 0 radical (unpaired) electrons. The van der Waals surface area contributed by atoms with Gasteiger partial charge in [0.05, 0.1) is 13.3 Å². The van der Waals surface area contributed by atoms with Crippen LogP contribution in [-0.2, 0) is 6.54 Å². The average molecular weight is 293 g/mol. The molecular formula is C17H15N3O2. The standard InChI is InChI=1S/C17H15N3O2/c1-22-15-9-5-8-14(10-15)16-11-20(19-18-16)12-17(21)13-6-3-2-4-7-13/h2-11H,12H2,1H3. The number of carbonyl (C=O) groups is 1. The molecule has 22 heavy (non-hydrogen) atoms. The third-order valence-electron chi connectivity index (χ3n) is 3.31. The van der Waals surface area contributed by atoms with Gasteiger partial charge in [-0.05, 0) is 12.1 Å². The molecule has 3 rings (SSSR count). The van der Waals surface area contributed by atoms with Crippen LogP contribution in [0.3, 0.4) is 0 Å². The minimum absolute atomic E-state index is 0.00249. The molecule has 0 aliphatic carbocycles. The number of nitrogens with zero attached hydrogens (tertiary/aromatic N) is 3. The summed E-state index contributed by atoms with van der Waals surface area (Å²) in [6.07, 6.45) is 1.76. The summed E-state index contributed by atoms with van der Waals surface area (Å²) < 4.78 is 6.74. The Kier molecular flexibility index (Phi) is 3.96. The lowest BCUT2D eigenvalue weighted by atomic mass is 10.1. The van der Waals surface area contributed by atoms with Crippen LogP contribution in [0.2, 0.25) is 0 Å². The quantitative estimate of drug-likeness (QED) is 0.679. The molecule has 110 valence electrons. The zero-order chi connectivity index (χ0) is 15.4. The van der Waals surface area contributed by atoms with Gasteiger partial charge < -0.3 is 4.74 Å². The van der Waals surface area contributed by atoms with Gasteiger partial charge in [0.25, 0.3) is 0 Å². The molecule has 0 bridgehead atoms. The molecule has 5 heteroatoms. The van der Waals surface area contributed by atoms with Crippen LogP contribution in [0.4, 0.5) is 0 Å². The van der Waals surface area contributed by atoms with E-state index in [4.69, 9.17) is 4.74 Å². The van der Waals surface area contributed by atoms with E-state index in [1.54, 1.807) is 30.1 Å². The largest absolute Gasteiger partial charge is 0.497 e. The van der Waals surface area contributed by atoms with Crippen LogP contribution < -0.4 is 4.74 Å². The van der Waals surface area contributed by atoms with Gasteiger partial charge in [0.1, 0.15) is 18.0 Å². The van der Waals surface area contributed by atoms with E-state index in [1.165, 1.54) is 0 Å². The summed E-state index contributed by atoms with van der Waals surface area (Å²) in [5.41, 5.74) is 2.28. The van der Waals surface area contributed by atoms with Crippen LogP contribution in [0.15, 0.2) is 60.8 Å². The van der Waals surface area contributed by atoms with Gasteiger partial charge in [-0.2, -0.15) is 0 Å². The fourth-order valence-corrected chi connectivity index (χ4v) is 2.15. The Labute approximate surface area is 128 Å². The number of methoxy groups -OCH3 is 1. The summed E-state index contributed by atoms with van der Waals surface area (Å²) in [6, 6.07) is 16.7. The Morgan fingerprint density at radius 3 is 2.73 bits per heavy atom. The number of aromatic nitrogens is 3. The average Bonchev–Trinajstić information content (AvgIpc) is 3.04. The maximum atomic E-state index is 12.2. The topological polar surface area (TPSA) is 57.0 Å². The molecule has 0 aliphatic heterocycles. The van der Waals surface area contributed by atoms with E-state index >= 15 is 0 Å². The van der Waals surface area contributed by atoms with E-state index in [2.05, 4.69) is 10.3 Å². The van der Waals surface area contributed by atoms with Gasteiger partial charge in [-0.25, -0.2) is 4.68 Å². The zero-order valence-corrected chi connectivity index (χ0v) is 12.1. The van der Waals surface area contributed by atoms with Gasteiger partial charge in [0.2, 0.25) is 0 Å². The molecule has 2 aromatic carbocycles. The first-order chi connectivity index (χ1) is 10.8. The van der Waals surface area contributed by atoms with Crippen molar-refractivity contribution in [2.45, 2.75) is 6.54 Å². The molecular weight excluding hydrogens is 278 g/mol. The number of ketones is 1. The van der Waals surface area contributed by atoms with E-state index in [0.717, 1.165) is 11.3 Å². The van der Waals surface area contributed by atoms with Crippen molar-refractivity contribution in [2.75, 3.05) is 7.11 Å². The minimum atomic E-state index is 0.00249. The highest BCUT2D eigenvalue weighted by atomic mass is 16.5. The maximum Gasteiger partial charge on any atom is 0.184 e. The summed E-state index contributed by atoms with van der Waals surface area (Å²) in [7, 11) is 1.62. The molecule has 0 saturated heterocycles. The van der Waals surface area contributed by atoms with Crippen LogP contribution in [-0.4, -0.2) is 27.9 Å². The molecule has 5 nitrogen and oxygen atoms in total. The molecule has 0 N–H and O–H groups in total. The van der Waals surface area contributed by atoms with E-state index in [0.29, 0.717) is 11.3 Å². The van der Waals surface area contributed by atoms with E-state index in [9.17, 15) is 4.79 Å². The number of benzene rings is 2. The molecule has 0 saturated carbocycles. The van der Waals surface area contributed by atoms with Gasteiger partial charge in [0.15, 0.2) is 5.78 Å². The molecule has 0 aliphatic rings. The van der Waals surface area contributed by atoms with Crippen LogP contribution in [0.25, 0.3) is 11.3 Å². The second-order valence-corrected chi connectivity index (χ2v) is 4.82. The van der Waals surface area contributed by atoms with Crippen molar-refractivity contribution in [1.82, 2.24) is 15.0 Å². The van der Waals surface area contributed by atoms with Crippen molar-refractivity contribution >= 4 is 5.78 Å². The number of ether oxygens (including phenoxy) is 1. The van der Waals surface area contributed by atoms with Gasteiger partial charge in [-0.1, -0.05) is 47.7 Å². The smallest absolute Gasteiger partial charge is 0.184 e. The van der Waals surface area contributed by atoms with E-state index in [1.807, 2.05) is 42.5 Å². The molecule has 0 atom stereocenters. The lowest BCUT2D eigenvalue weighted by Gasteiger charge is -2.01. The van der Waals surface area contributed by atoms with Gasteiger partial charge >= 0.3 is 0 Å². The fraction of sp³-hybridized carbons (Fsp3) is 0.118. The molecule has 3 aromatic rings. The zero-order valence-electron chi connectivity index (χ0n) is 12.1. The summed E-state index contributed by atoms with van der Waals surface area (Å²) in [5.74, 6) is 0.759. The SMILES string of the molecule is COc1cccc(-c2cn(CC(=O)c3ccccc3)nn2)c1. The fourth-order valence-electron chi connectivity index (χ4n) is 2.15. The first kappa shape index (κ1) is 14.0. The van der Waals surface area contributed by atoms with E-state index < -0.39 is 0 Å². The molecule has 0 fully saturated rings. The molecule has 0 unspecified atom stereocenters. The molecule has 0 amide bonds. The lowest BCUT2D eigenvalue weighted by molar-refractivity contribution is 0.0967. The van der Waals surface area contributed by atoms with Crippen molar-refractivity contribution in [3.8, 4) is 17.0 Å². The third-order valence-corrected chi connectivity index (χ3v) is 3.31. The monoisotopic (exact) mass is 293 g/mol. The summed E-state index contributed by atoms with van der Waals surface area (Å²) in [5, 5.41) is 8.13. The van der Waals surface area contributed by atoms with Gasteiger partial charge in [-0.15, -0.1) is 5.10 Å². The minimum Gasteiger partial charge on any atom is -0.497 e. The summed E-state index contributed by atoms with van der Waals surface area (Å²) in [6.45, 7) is 0.168. The van der Waals surface area contributed by atoms with Crippen molar-refractivity contribution in [2.24, 2.45) is 0 Å². The number of Topliss-reactive ketones (excluding diaryl/α,β-unsaturated/α-hetero) is 1. The predicted octanol–water partition coefficient (Wildman–Crippen LogP) is 2.84. The van der Waals surface area contributed by atoms with E-state index in [-0.39, 0.29) is 12.3 Å². The summed E-state index contributed by atoms with van der Waals surface area (Å²) >= 11 is 0. The third kappa shape index (κ3) is 3.03. The maximum absolute atomic E-state index is 12.2. The number of hydrogen-bond donors (Lipinski definition) is 0. The van der Waals surface area contributed by atoms with Gasteiger partial charge in [-0.3, -0.25) is 4.79 Å². The molecule has 0 spiro atoms. The Bertz CT molecular complexity index is 781. The Morgan fingerprint density at radius 2 is 1.95 bits per heavy atom. The Morgan fingerprint density at radius 1 is 1.14 bits per heavy atom. The Hall–Kier alpha value is -2.95. The van der Waals surface area contributed by atoms with Crippen molar-refractivity contribution in [3.05, 3.63) is 66.4 Å². The lowest BCUT2D eigenvalue weighted by Crippen LogP contribution is -2.10. The second kappa shape index (κ2) is 6.22. The predicted molar refractivity (Wildman–Crippen MR) is 82.8 cm³/mol. The van der Waals surface area contributed by atoms with Crippen molar-refractivity contribution < 1.29 is 9.53 Å². The van der Waals surface area contributed by atoms with Crippen LogP contribution >= 0.6 is 0 Å². The number of rotatable bonds is 5. The Balaban J connectivity index is 1.78. The van der Waals surface area contributed by atoms with Crippen LogP contribution in [0.1, 0.15) is 10.4 Å². The first-order valence-corrected chi connectivity index (χ1v) is 6.89. The number of carbonyl (C=O) groups excluding carboxylic acids is 1. The van der Waals surface area contributed by atoms with Crippen molar-refractivity contribution in [1.29, 1.82) is 0 Å². The van der Waals surface area contributed by atoms with Crippen LogP contribution in [0.5, 0.6) is 5.75 Å². The number of hydrogen-bond acceptors (Lipinski definition) is 4.